The average Bonchev–Trinajstić information content (AvgIpc) is 2.72. The van der Waals surface area contributed by atoms with Gasteiger partial charge in [-0.1, -0.05) is 82.2 Å². The lowest BCUT2D eigenvalue weighted by atomic mass is 9.83. The Hall–Kier alpha value is -1.38. The second-order valence-corrected chi connectivity index (χ2v) is 7.43. The lowest BCUT2D eigenvalue weighted by molar-refractivity contribution is 0.273. The Labute approximate surface area is 168 Å². The second kappa shape index (κ2) is 15.7. The number of hydrogen-bond acceptors (Lipinski definition) is 2. The number of hydrogen-bond donors (Lipinski definition) is 2. The van der Waals surface area contributed by atoms with E-state index in [-0.39, 0.29) is 0 Å². The highest BCUT2D eigenvalue weighted by molar-refractivity contribution is 5.19. The molecule has 0 radical (unpaired) electrons. The van der Waals surface area contributed by atoms with E-state index in [1.165, 1.54) is 36.8 Å². The van der Waals surface area contributed by atoms with Gasteiger partial charge in [-0.05, 0) is 62.2 Å². The van der Waals surface area contributed by atoms with Crippen LogP contribution in [0.1, 0.15) is 65.4 Å². The van der Waals surface area contributed by atoms with E-state index in [0.29, 0.717) is 0 Å². The minimum Gasteiger partial charge on any atom is -0.313 e. The van der Waals surface area contributed by atoms with Crippen molar-refractivity contribution in [3.63, 3.8) is 0 Å². The van der Waals surface area contributed by atoms with Gasteiger partial charge in [0.05, 0.1) is 0 Å². The molecule has 1 aromatic carbocycles. The minimum absolute atomic E-state index is 0.821. The maximum Gasteiger partial charge on any atom is 0.0205 e. The Balaban J connectivity index is 2.28. The molecule has 0 aliphatic carbocycles. The molecule has 2 heteroatoms. The number of nitrogens with one attached hydrogen (secondary N) is 2. The Kier molecular flexibility index (Phi) is 13.7. The van der Waals surface area contributed by atoms with Crippen molar-refractivity contribution < 1.29 is 0 Å². The molecule has 0 aliphatic rings. The molecule has 27 heavy (non-hydrogen) atoms. The van der Waals surface area contributed by atoms with Crippen molar-refractivity contribution in [2.45, 2.75) is 66.3 Å². The molecule has 2 atom stereocenters. The molecule has 152 valence electrons. The summed E-state index contributed by atoms with van der Waals surface area (Å²) in [6.07, 6.45) is 12.9. The predicted octanol–water partition coefficient (Wildman–Crippen LogP) is 6.11. The summed E-state index contributed by atoms with van der Waals surface area (Å²) < 4.78 is 0. The van der Waals surface area contributed by atoms with Crippen LogP contribution in [0.15, 0.2) is 54.1 Å². The van der Waals surface area contributed by atoms with E-state index >= 15 is 0 Å². The van der Waals surface area contributed by atoms with Crippen LogP contribution < -0.4 is 10.6 Å². The van der Waals surface area contributed by atoms with Crippen LogP contribution in [0.3, 0.4) is 0 Å². The maximum atomic E-state index is 3.64. The Bertz CT molecular complexity index is 518. The van der Waals surface area contributed by atoms with Crippen LogP contribution in [0.2, 0.25) is 0 Å². The first-order valence-corrected chi connectivity index (χ1v) is 11.0. The molecule has 0 saturated carbocycles. The molecule has 2 N–H and O–H groups in total. The van der Waals surface area contributed by atoms with Crippen LogP contribution in [0, 0.1) is 11.8 Å². The van der Waals surface area contributed by atoms with Gasteiger partial charge in [0.2, 0.25) is 0 Å². The standard InChI is InChI=1S/C25H42N2/c1-5-9-13-22(6-2)20-26-18-16-24(7-3)25(8-4)17-19-27-21-23-14-11-10-12-15-23/h6,9-15,24-27H,5,7-8,16-21H2,1-4H3/b13-9-,22-6+. The van der Waals surface area contributed by atoms with Crippen LogP contribution in [0.25, 0.3) is 0 Å². The molecular formula is C25H42N2. The summed E-state index contributed by atoms with van der Waals surface area (Å²) in [5, 5.41) is 7.27. The van der Waals surface area contributed by atoms with Gasteiger partial charge in [-0.3, -0.25) is 0 Å². The first kappa shape index (κ1) is 23.7. The van der Waals surface area contributed by atoms with Crippen molar-refractivity contribution in [3.05, 3.63) is 59.7 Å². The van der Waals surface area contributed by atoms with Crippen molar-refractivity contribution in [1.82, 2.24) is 10.6 Å². The summed E-state index contributed by atoms with van der Waals surface area (Å²) in [5.74, 6) is 1.64. The fraction of sp³-hybridized carbons (Fsp3) is 0.600. The molecular weight excluding hydrogens is 328 g/mol. The van der Waals surface area contributed by atoms with Gasteiger partial charge in [0, 0.05) is 13.1 Å². The van der Waals surface area contributed by atoms with Gasteiger partial charge in [-0.25, -0.2) is 0 Å². The highest BCUT2D eigenvalue weighted by Crippen LogP contribution is 2.25. The third-order valence-corrected chi connectivity index (χ3v) is 5.54. The monoisotopic (exact) mass is 370 g/mol. The van der Waals surface area contributed by atoms with Crippen LogP contribution in [0.5, 0.6) is 0 Å². The first-order valence-electron chi connectivity index (χ1n) is 11.0. The fourth-order valence-corrected chi connectivity index (χ4v) is 3.71. The fourth-order valence-electron chi connectivity index (χ4n) is 3.71. The Morgan fingerprint density at radius 1 is 0.926 bits per heavy atom. The van der Waals surface area contributed by atoms with E-state index in [1.54, 1.807) is 0 Å². The molecule has 1 aromatic rings. The van der Waals surface area contributed by atoms with Gasteiger partial charge in [0.1, 0.15) is 0 Å². The molecule has 1 rings (SSSR count). The minimum atomic E-state index is 0.821. The SMILES string of the molecule is C/C=C(\C=C/CC)CNCCC(CC)C(CC)CCNCc1ccccc1. The van der Waals surface area contributed by atoms with Gasteiger partial charge in [0.25, 0.3) is 0 Å². The lowest BCUT2D eigenvalue weighted by Crippen LogP contribution is -2.26. The largest absolute Gasteiger partial charge is 0.313 e. The quantitative estimate of drug-likeness (QED) is 0.287. The van der Waals surface area contributed by atoms with E-state index in [4.69, 9.17) is 0 Å². The molecule has 0 saturated heterocycles. The highest BCUT2D eigenvalue weighted by Gasteiger charge is 2.17. The van der Waals surface area contributed by atoms with Gasteiger partial charge < -0.3 is 10.6 Å². The zero-order valence-electron chi connectivity index (χ0n) is 18.1. The van der Waals surface area contributed by atoms with E-state index < -0.39 is 0 Å². The first-order chi connectivity index (χ1) is 13.2. The molecule has 0 fully saturated rings. The Morgan fingerprint density at radius 2 is 1.56 bits per heavy atom. The predicted molar refractivity (Wildman–Crippen MR) is 121 cm³/mol. The van der Waals surface area contributed by atoms with Gasteiger partial charge in [-0.2, -0.15) is 0 Å². The summed E-state index contributed by atoms with van der Waals surface area (Å²) in [5.41, 5.74) is 2.76. The van der Waals surface area contributed by atoms with E-state index in [2.05, 4.69) is 86.9 Å². The molecule has 0 amide bonds. The van der Waals surface area contributed by atoms with E-state index in [0.717, 1.165) is 44.4 Å². The maximum absolute atomic E-state index is 3.64. The highest BCUT2D eigenvalue weighted by atomic mass is 14.9. The summed E-state index contributed by atoms with van der Waals surface area (Å²) in [4.78, 5) is 0. The van der Waals surface area contributed by atoms with Crippen LogP contribution in [-0.4, -0.2) is 19.6 Å². The molecule has 0 heterocycles. The van der Waals surface area contributed by atoms with Crippen molar-refractivity contribution in [1.29, 1.82) is 0 Å². The average molecular weight is 371 g/mol. The molecule has 2 unspecified atom stereocenters. The molecule has 0 aromatic heterocycles. The smallest absolute Gasteiger partial charge is 0.0205 e. The van der Waals surface area contributed by atoms with Crippen molar-refractivity contribution in [3.8, 4) is 0 Å². The van der Waals surface area contributed by atoms with E-state index in [1.807, 2.05) is 0 Å². The zero-order valence-corrected chi connectivity index (χ0v) is 18.1. The third kappa shape index (κ3) is 10.5. The van der Waals surface area contributed by atoms with Crippen LogP contribution >= 0.6 is 0 Å². The molecule has 2 nitrogen and oxygen atoms in total. The van der Waals surface area contributed by atoms with Crippen molar-refractivity contribution in [2.24, 2.45) is 11.8 Å². The second-order valence-electron chi connectivity index (χ2n) is 7.43. The van der Waals surface area contributed by atoms with Crippen LogP contribution in [0.4, 0.5) is 0 Å². The number of allylic oxidation sites excluding steroid dienone is 2. The van der Waals surface area contributed by atoms with Gasteiger partial charge in [-0.15, -0.1) is 0 Å². The van der Waals surface area contributed by atoms with Gasteiger partial charge >= 0.3 is 0 Å². The molecule has 0 aliphatic heterocycles. The summed E-state index contributed by atoms with van der Waals surface area (Å²) >= 11 is 0. The van der Waals surface area contributed by atoms with Gasteiger partial charge in [0.15, 0.2) is 0 Å². The third-order valence-electron chi connectivity index (χ3n) is 5.54. The summed E-state index contributed by atoms with van der Waals surface area (Å²) in [6, 6.07) is 10.7. The van der Waals surface area contributed by atoms with Crippen molar-refractivity contribution in [2.75, 3.05) is 19.6 Å². The topological polar surface area (TPSA) is 24.1 Å². The van der Waals surface area contributed by atoms with Crippen LogP contribution in [-0.2, 0) is 6.54 Å². The molecule has 0 bridgehead atoms. The molecule has 0 spiro atoms. The van der Waals surface area contributed by atoms with Crippen molar-refractivity contribution >= 4 is 0 Å². The zero-order chi connectivity index (χ0) is 19.7. The Morgan fingerprint density at radius 3 is 2.11 bits per heavy atom. The normalized spacial score (nSPS) is 14.6. The van der Waals surface area contributed by atoms with E-state index in [9.17, 15) is 0 Å². The summed E-state index contributed by atoms with van der Waals surface area (Å²) in [7, 11) is 0. The number of rotatable bonds is 15. The lowest BCUT2D eigenvalue weighted by Gasteiger charge is -2.26. The number of benzene rings is 1. The summed E-state index contributed by atoms with van der Waals surface area (Å²) in [6.45, 7) is 13.2.